The molecule has 0 saturated heterocycles. The molecule has 0 atom stereocenters. The third-order valence-electron chi connectivity index (χ3n) is 3.32. The van der Waals surface area contributed by atoms with Gasteiger partial charge in [-0.3, -0.25) is 9.59 Å². The third-order valence-corrected chi connectivity index (χ3v) is 3.32. The van der Waals surface area contributed by atoms with E-state index in [9.17, 15) is 9.59 Å². The Bertz CT molecular complexity index is 679. The van der Waals surface area contributed by atoms with E-state index in [-0.39, 0.29) is 11.8 Å². The molecule has 20 heavy (non-hydrogen) atoms. The fraction of sp³-hybridized carbons (Fsp3) is 0.0588. The van der Waals surface area contributed by atoms with E-state index >= 15 is 0 Å². The normalized spacial score (nSPS) is 14.2. The van der Waals surface area contributed by atoms with Crippen molar-refractivity contribution >= 4 is 17.9 Å². The lowest BCUT2D eigenvalue weighted by molar-refractivity contribution is 0.0722. The van der Waals surface area contributed by atoms with E-state index < -0.39 is 0 Å². The molecule has 3 nitrogen and oxygen atoms in total. The Hall–Kier alpha value is -2.68. The molecule has 0 radical (unpaired) electrons. The zero-order chi connectivity index (χ0) is 14.1. The smallest absolute Gasteiger partial charge is 0.265 e. The Morgan fingerprint density at radius 3 is 1.95 bits per heavy atom. The predicted octanol–water partition coefficient (Wildman–Crippen LogP) is 3.26. The van der Waals surface area contributed by atoms with Crippen LogP contribution >= 0.6 is 0 Å². The molecule has 0 aliphatic carbocycles. The first-order chi connectivity index (χ1) is 9.66. The SMILES string of the molecule is Cc1ccc(/C=C/N2C(=O)c3ccccc3C2=O)cc1. The van der Waals surface area contributed by atoms with Gasteiger partial charge < -0.3 is 0 Å². The molecule has 2 aromatic carbocycles. The summed E-state index contributed by atoms with van der Waals surface area (Å²) in [5.74, 6) is -0.539. The highest BCUT2D eigenvalue weighted by molar-refractivity contribution is 6.22. The average Bonchev–Trinajstić information content (AvgIpc) is 2.71. The number of amides is 2. The second-order valence-electron chi connectivity index (χ2n) is 4.75. The summed E-state index contributed by atoms with van der Waals surface area (Å²) in [6, 6.07) is 14.7. The van der Waals surface area contributed by atoms with E-state index in [0.29, 0.717) is 11.1 Å². The van der Waals surface area contributed by atoms with Crippen LogP contribution in [-0.2, 0) is 0 Å². The Kier molecular flexibility index (Phi) is 2.95. The first kappa shape index (κ1) is 12.4. The third kappa shape index (κ3) is 2.03. The van der Waals surface area contributed by atoms with E-state index in [2.05, 4.69) is 0 Å². The average molecular weight is 263 g/mol. The molecular weight excluding hydrogens is 250 g/mol. The summed E-state index contributed by atoms with van der Waals surface area (Å²) in [5, 5.41) is 0. The molecule has 0 aromatic heterocycles. The molecule has 1 aliphatic heterocycles. The van der Waals surface area contributed by atoms with Gasteiger partial charge in [0.1, 0.15) is 0 Å². The van der Waals surface area contributed by atoms with Crippen molar-refractivity contribution < 1.29 is 9.59 Å². The van der Waals surface area contributed by atoms with Crippen LogP contribution in [0.15, 0.2) is 54.7 Å². The van der Waals surface area contributed by atoms with Gasteiger partial charge >= 0.3 is 0 Å². The van der Waals surface area contributed by atoms with Gasteiger partial charge in [0, 0.05) is 6.20 Å². The summed E-state index contributed by atoms with van der Waals surface area (Å²) in [7, 11) is 0. The van der Waals surface area contributed by atoms with Crippen LogP contribution < -0.4 is 0 Å². The second kappa shape index (κ2) is 4.78. The fourth-order valence-electron chi connectivity index (χ4n) is 2.18. The van der Waals surface area contributed by atoms with Crippen LogP contribution in [0, 0.1) is 6.92 Å². The second-order valence-corrected chi connectivity index (χ2v) is 4.75. The van der Waals surface area contributed by atoms with E-state index in [1.807, 2.05) is 31.2 Å². The number of hydrogen-bond acceptors (Lipinski definition) is 2. The van der Waals surface area contributed by atoms with Gasteiger partial charge in [0.2, 0.25) is 0 Å². The molecule has 0 saturated carbocycles. The molecule has 3 rings (SSSR count). The first-order valence-corrected chi connectivity index (χ1v) is 6.38. The maximum Gasteiger partial charge on any atom is 0.265 e. The van der Waals surface area contributed by atoms with Crippen molar-refractivity contribution in [2.75, 3.05) is 0 Å². The molecule has 3 heteroatoms. The number of nitrogens with zero attached hydrogens (tertiary/aromatic N) is 1. The van der Waals surface area contributed by atoms with Crippen molar-refractivity contribution in [3.63, 3.8) is 0 Å². The lowest BCUT2D eigenvalue weighted by Gasteiger charge is -2.06. The molecule has 0 N–H and O–H groups in total. The van der Waals surface area contributed by atoms with Crippen molar-refractivity contribution in [3.8, 4) is 0 Å². The lowest BCUT2D eigenvalue weighted by Crippen LogP contribution is -2.23. The maximum atomic E-state index is 12.1. The Labute approximate surface area is 117 Å². The molecule has 98 valence electrons. The van der Waals surface area contributed by atoms with Gasteiger partial charge in [-0.2, -0.15) is 0 Å². The van der Waals surface area contributed by atoms with Crippen LogP contribution in [0.5, 0.6) is 0 Å². The molecule has 2 amide bonds. The molecule has 0 unspecified atom stereocenters. The van der Waals surface area contributed by atoms with Gasteiger partial charge in [-0.05, 0) is 30.7 Å². The van der Waals surface area contributed by atoms with Crippen LogP contribution in [0.4, 0.5) is 0 Å². The number of imide groups is 1. The van der Waals surface area contributed by atoms with Crippen molar-refractivity contribution in [1.29, 1.82) is 0 Å². The number of hydrogen-bond donors (Lipinski definition) is 0. The summed E-state index contributed by atoms with van der Waals surface area (Å²) in [6.45, 7) is 2.01. The highest BCUT2D eigenvalue weighted by Gasteiger charge is 2.33. The van der Waals surface area contributed by atoms with Crippen LogP contribution in [0.1, 0.15) is 31.8 Å². The topological polar surface area (TPSA) is 37.4 Å². The number of rotatable bonds is 2. The molecule has 0 fully saturated rings. The summed E-state index contributed by atoms with van der Waals surface area (Å²) in [5.41, 5.74) is 3.05. The number of carbonyl (C=O) groups is 2. The fourth-order valence-corrected chi connectivity index (χ4v) is 2.18. The van der Waals surface area contributed by atoms with Crippen molar-refractivity contribution in [3.05, 3.63) is 77.0 Å². The molecule has 1 heterocycles. The van der Waals surface area contributed by atoms with Crippen LogP contribution in [0.25, 0.3) is 6.08 Å². The minimum atomic E-state index is -0.269. The minimum absolute atomic E-state index is 0.269. The van der Waals surface area contributed by atoms with E-state index in [4.69, 9.17) is 0 Å². The first-order valence-electron chi connectivity index (χ1n) is 6.38. The predicted molar refractivity (Wildman–Crippen MR) is 77.2 cm³/mol. The Balaban J connectivity index is 1.88. The molecule has 0 spiro atoms. The van der Waals surface area contributed by atoms with Crippen molar-refractivity contribution in [2.45, 2.75) is 6.92 Å². The van der Waals surface area contributed by atoms with E-state index in [1.165, 1.54) is 11.8 Å². The Morgan fingerprint density at radius 1 is 0.850 bits per heavy atom. The summed E-state index contributed by atoms with van der Waals surface area (Å²) in [4.78, 5) is 25.4. The molecule has 2 aromatic rings. The van der Waals surface area contributed by atoms with E-state index in [0.717, 1.165) is 10.5 Å². The number of benzene rings is 2. The van der Waals surface area contributed by atoms with Crippen LogP contribution in [0.3, 0.4) is 0 Å². The highest BCUT2D eigenvalue weighted by Crippen LogP contribution is 2.23. The van der Waals surface area contributed by atoms with E-state index in [1.54, 1.807) is 30.3 Å². The van der Waals surface area contributed by atoms with Gasteiger partial charge in [-0.25, -0.2) is 4.90 Å². The van der Waals surface area contributed by atoms with Crippen LogP contribution in [0.2, 0.25) is 0 Å². The molecule has 1 aliphatic rings. The largest absolute Gasteiger partial charge is 0.268 e. The van der Waals surface area contributed by atoms with Crippen molar-refractivity contribution in [1.82, 2.24) is 4.90 Å². The summed E-state index contributed by atoms with van der Waals surface area (Å²) >= 11 is 0. The molecule has 0 bridgehead atoms. The minimum Gasteiger partial charge on any atom is -0.268 e. The molecular formula is C17H13NO2. The quantitative estimate of drug-likeness (QED) is 0.780. The van der Waals surface area contributed by atoms with Gasteiger partial charge in [0.15, 0.2) is 0 Å². The number of aryl methyl sites for hydroxylation is 1. The zero-order valence-corrected chi connectivity index (χ0v) is 11.0. The van der Waals surface area contributed by atoms with Gasteiger partial charge in [-0.1, -0.05) is 42.0 Å². The monoisotopic (exact) mass is 263 g/mol. The van der Waals surface area contributed by atoms with Crippen LogP contribution in [-0.4, -0.2) is 16.7 Å². The standard InChI is InChI=1S/C17H13NO2/c1-12-6-8-13(9-7-12)10-11-18-16(19)14-4-2-3-5-15(14)17(18)20/h2-11H,1H3/b11-10+. The van der Waals surface area contributed by atoms with Gasteiger partial charge in [0.25, 0.3) is 11.8 Å². The number of fused-ring (bicyclic) bond motifs is 1. The highest BCUT2D eigenvalue weighted by atomic mass is 16.2. The lowest BCUT2D eigenvalue weighted by atomic mass is 10.1. The summed E-state index contributed by atoms with van der Waals surface area (Å²) < 4.78 is 0. The number of carbonyl (C=O) groups excluding carboxylic acids is 2. The van der Waals surface area contributed by atoms with Gasteiger partial charge in [-0.15, -0.1) is 0 Å². The summed E-state index contributed by atoms with van der Waals surface area (Å²) in [6.07, 6.45) is 3.30. The zero-order valence-electron chi connectivity index (χ0n) is 11.0. The van der Waals surface area contributed by atoms with Crippen molar-refractivity contribution in [2.24, 2.45) is 0 Å². The maximum absolute atomic E-state index is 12.1. The van der Waals surface area contributed by atoms with Gasteiger partial charge in [0.05, 0.1) is 11.1 Å². The Morgan fingerprint density at radius 2 is 1.40 bits per heavy atom.